The topological polar surface area (TPSA) is 70.4 Å². The Morgan fingerprint density at radius 2 is 2.00 bits per heavy atom. The Labute approximate surface area is 174 Å². The normalized spacial score (nSPS) is 16.2. The lowest BCUT2D eigenvalue weighted by Gasteiger charge is -2.30. The lowest BCUT2D eigenvalue weighted by atomic mass is 9.98. The van der Waals surface area contributed by atoms with Gasteiger partial charge in [-0.05, 0) is 43.0 Å². The first-order chi connectivity index (χ1) is 14.2. The first-order valence-corrected chi connectivity index (χ1v) is 10.8. The van der Waals surface area contributed by atoms with E-state index in [-0.39, 0.29) is 0 Å². The second-order valence-corrected chi connectivity index (χ2v) is 7.93. The van der Waals surface area contributed by atoms with E-state index in [0.29, 0.717) is 0 Å². The molecule has 0 atom stereocenters. The van der Waals surface area contributed by atoms with Crippen LogP contribution in [-0.4, -0.2) is 52.3 Å². The molecular weight excluding hydrogens is 362 g/mol. The highest BCUT2D eigenvalue weighted by Crippen LogP contribution is 2.18. The maximum absolute atomic E-state index is 4.33. The number of guanidine groups is 1. The zero-order valence-corrected chi connectivity index (χ0v) is 18.1. The van der Waals surface area contributed by atoms with Crippen LogP contribution in [0, 0.1) is 5.92 Å². The zero-order valence-electron chi connectivity index (χ0n) is 18.1. The van der Waals surface area contributed by atoms with Gasteiger partial charge in [-0.1, -0.05) is 38.1 Å². The third-order valence-corrected chi connectivity index (χ3v) is 5.61. The summed E-state index contributed by atoms with van der Waals surface area (Å²) in [4.78, 5) is 6.91. The van der Waals surface area contributed by atoms with Crippen molar-refractivity contribution >= 4 is 5.96 Å². The van der Waals surface area contributed by atoms with E-state index in [1.165, 1.54) is 37.1 Å². The summed E-state index contributed by atoms with van der Waals surface area (Å²) in [5.41, 5.74) is 2.67. The molecule has 0 radical (unpaired) electrons. The molecule has 0 saturated carbocycles. The number of hydrogen-bond donors (Lipinski definition) is 2. The number of benzene rings is 1. The van der Waals surface area contributed by atoms with Crippen molar-refractivity contribution in [1.29, 1.82) is 0 Å². The second-order valence-electron chi connectivity index (χ2n) is 7.93. The number of nitrogens with one attached hydrogen (secondary N) is 2. The smallest absolute Gasteiger partial charge is 0.191 e. The van der Waals surface area contributed by atoms with Gasteiger partial charge in [-0.25, -0.2) is 0 Å². The fraction of sp³-hybridized carbons (Fsp3) is 0.591. The van der Waals surface area contributed by atoms with Crippen LogP contribution in [0.3, 0.4) is 0 Å². The molecule has 1 aliphatic heterocycles. The molecule has 1 saturated heterocycles. The molecule has 2 N–H and O–H groups in total. The second kappa shape index (κ2) is 11.0. The predicted octanol–water partition coefficient (Wildman–Crippen LogP) is 2.44. The maximum atomic E-state index is 4.33. The van der Waals surface area contributed by atoms with Crippen molar-refractivity contribution in [3.63, 3.8) is 0 Å². The third kappa shape index (κ3) is 6.56. The van der Waals surface area contributed by atoms with Gasteiger partial charge in [0.05, 0.1) is 0 Å². The summed E-state index contributed by atoms with van der Waals surface area (Å²) in [5.74, 6) is 2.70. The quantitative estimate of drug-likeness (QED) is 0.529. The SMILES string of the molecule is CCc1nncn1CCNC(=NC)NCc1cccc(CN2CCC(C)CC2)c1. The number of piperidine rings is 1. The highest BCUT2D eigenvalue weighted by molar-refractivity contribution is 5.79. The van der Waals surface area contributed by atoms with Crippen LogP contribution in [0.1, 0.15) is 43.6 Å². The van der Waals surface area contributed by atoms with Crippen LogP contribution in [0.5, 0.6) is 0 Å². The minimum absolute atomic E-state index is 0.761. The molecule has 0 aliphatic carbocycles. The van der Waals surface area contributed by atoms with Gasteiger partial charge in [-0.3, -0.25) is 9.89 Å². The van der Waals surface area contributed by atoms with Crippen molar-refractivity contribution in [3.8, 4) is 0 Å². The van der Waals surface area contributed by atoms with Crippen molar-refractivity contribution in [2.24, 2.45) is 10.9 Å². The van der Waals surface area contributed by atoms with Crippen LogP contribution >= 0.6 is 0 Å². The molecule has 1 aromatic carbocycles. The largest absolute Gasteiger partial charge is 0.355 e. The molecule has 0 amide bonds. The van der Waals surface area contributed by atoms with E-state index < -0.39 is 0 Å². The lowest BCUT2D eigenvalue weighted by Crippen LogP contribution is -2.38. The van der Waals surface area contributed by atoms with E-state index in [1.54, 1.807) is 13.4 Å². The Hall–Kier alpha value is -2.41. The Morgan fingerprint density at radius 3 is 2.76 bits per heavy atom. The summed E-state index contributed by atoms with van der Waals surface area (Å²) in [7, 11) is 1.80. The first-order valence-electron chi connectivity index (χ1n) is 10.8. The Bertz CT molecular complexity index is 775. The minimum Gasteiger partial charge on any atom is -0.355 e. The third-order valence-electron chi connectivity index (χ3n) is 5.61. The van der Waals surface area contributed by atoms with E-state index in [2.05, 4.69) is 73.4 Å². The van der Waals surface area contributed by atoms with Gasteiger partial charge in [0.1, 0.15) is 12.2 Å². The molecular formula is C22H35N7. The van der Waals surface area contributed by atoms with Crippen LogP contribution in [0.2, 0.25) is 0 Å². The molecule has 3 rings (SSSR count). The Kier molecular flexibility index (Phi) is 8.04. The molecule has 7 heteroatoms. The predicted molar refractivity (Wildman–Crippen MR) is 118 cm³/mol. The summed E-state index contributed by atoms with van der Waals surface area (Å²) < 4.78 is 2.07. The van der Waals surface area contributed by atoms with Gasteiger partial charge < -0.3 is 15.2 Å². The van der Waals surface area contributed by atoms with Crippen LogP contribution in [-0.2, 0) is 26.1 Å². The number of aromatic nitrogens is 3. The molecule has 29 heavy (non-hydrogen) atoms. The molecule has 1 aromatic heterocycles. The zero-order chi connectivity index (χ0) is 20.5. The Balaban J connectivity index is 1.44. The van der Waals surface area contributed by atoms with Crippen molar-refractivity contribution in [3.05, 3.63) is 47.5 Å². The average Bonchev–Trinajstić information content (AvgIpc) is 3.20. The van der Waals surface area contributed by atoms with Gasteiger partial charge in [-0.2, -0.15) is 0 Å². The average molecular weight is 398 g/mol. The maximum Gasteiger partial charge on any atom is 0.191 e. The molecule has 0 unspecified atom stereocenters. The summed E-state index contributed by atoms with van der Waals surface area (Å²) in [6, 6.07) is 8.88. The van der Waals surface area contributed by atoms with Crippen molar-refractivity contribution in [1.82, 2.24) is 30.3 Å². The van der Waals surface area contributed by atoms with Crippen molar-refractivity contribution < 1.29 is 0 Å². The summed E-state index contributed by atoms with van der Waals surface area (Å²) in [6.07, 6.45) is 5.31. The van der Waals surface area contributed by atoms with Crippen LogP contribution in [0.25, 0.3) is 0 Å². The van der Waals surface area contributed by atoms with E-state index in [1.807, 2.05) is 0 Å². The number of aliphatic imine (C=N–C) groups is 1. The highest BCUT2D eigenvalue weighted by Gasteiger charge is 2.15. The molecule has 2 heterocycles. The molecule has 158 valence electrons. The molecule has 7 nitrogen and oxygen atoms in total. The molecule has 2 aromatic rings. The minimum atomic E-state index is 0.761. The molecule has 1 fully saturated rings. The number of likely N-dealkylation sites (tertiary alicyclic amines) is 1. The highest BCUT2D eigenvalue weighted by atomic mass is 15.3. The van der Waals surface area contributed by atoms with Crippen molar-refractivity contribution in [2.45, 2.75) is 52.7 Å². The fourth-order valence-corrected chi connectivity index (χ4v) is 3.76. The number of aryl methyl sites for hydroxylation is 1. The Morgan fingerprint density at radius 1 is 1.21 bits per heavy atom. The lowest BCUT2D eigenvalue weighted by molar-refractivity contribution is 0.185. The van der Waals surface area contributed by atoms with Gasteiger partial charge in [-0.15, -0.1) is 10.2 Å². The molecule has 1 aliphatic rings. The standard InChI is InChI=1S/C22H35N7/c1-4-21-27-26-17-29(21)13-10-24-22(23-3)25-15-19-6-5-7-20(14-19)16-28-11-8-18(2)9-12-28/h5-7,14,17-18H,4,8-13,15-16H2,1-3H3,(H2,23,24,25). The summed E-state index contributed by atoms with van der Waals surface area (Å²) >= 11 is 0. The van der Waals surface area contributed by atoms with E-state index in [9.17, 15) is 0 Å². The van der Waals surface area contributed by atoms with Crippen LogP contribution in [0.4, 0.5) is 0 Å². The van der Waals surface area contributed by atoms with E-state index >= 15 is 0 Å². The number of rotatable bonds is 8. The van der Waals surface area contributed by atoms with Gasteiger partial charge >= 0.3 is 0 Å². The molecule has 0 bridgehead atoms. The van der Waals surface area contributed by atoms with Gasteiger partial charge in [0.25, 0.3) is 0 Å². The van der Waals surface area contributed by atoms with Gasteiger partial charge in [0, 0.05) is 39.6 Å². The first kappa shape index (κ1) is 21.3. The monoisotopic (exact) mass is 397 g/mol. The summed E-state index contributed by atoms with van der Waals surface area (Å²) in [6.45, 7) is 10.3. The number of hydrogen-bond acceptors (Lipinski definition) is 4. The fourth-order valence-electron chi connectivity index (χ4n) is 3.76. The number of nitrogens with zero attached hydrogens (tertiary/aromatic N) is 5. The van der Waals surface area contributed by atoms with E-state index in [0.717, 1.165) is 50.3 Å². The van der Waals surface area contributed by atoms with Crippen LogP contribution in [0.15, 0.2) is 35.6 Å². The van der Waals surface area contributed by atoms with E-state index in [4.69, 9.17) is 0 Å². The molecule has 0 spiro atoms. The van der Waals surface area contributed by atoms with Crippen molar-refractivity contribution in [2.75, 3.05) is 26.7 Å². The van der Waals surface area contributed by atoms with Gasteiger partial charge in [0.15, 0.2) is 5.96 Å². The van der Waals surface area contributed by atoms with Gasteiger partial charge in [0.2, 0.25) is 0 Å². The summed E-state index contributed by atoms with van der Waals surface area (Å²) in [5, 5.41) is 14.9. The van der Waals surface area contributed by atoms with Crippen LogP contribution < -0.4 is 10.6 Å².